The summed E-state index contributed by atoms with van der Waals surface area (Å²) >= 11 is 0. The third-order valence-corrected chi connectivity index (χ3v) is 7.27. The molecule has 6 rings (SSSR count). The first-order chi connectivity index (χ1) is 12.1. The summed E-state index contributed by atoms with van der Waals surface area (Å²) < 4.78 is 0. The Morgan fingerprint density at radius 3 is 2.00 bits per heavy atom. The molecule has 4 saturated carbocycles. The number of amides is 1. The van der Waals surface area contributed by atoms with Crippen LogP contribution in [0, 0.1) is 24.7 Å². The Bertz CT molecular complexity index is 627. The van der Waals surface area contributed by atoms with Crippen molar-refractivity contribution < 1.29 is 4.79 Å². The molecule has 1 aliphatic heterocycles. The molecule has 0 unspecified atom stereocenters. The first-order valence-corrected chi connectivity index (χ1v) is 9.94. The number of aryl methyl sites for hydroxylation is 1. The Hall–Kier alpha value is -1.49. The molecule has 1 saturated heterocycles. The Morgan fingerprint density at radius 1 is 0.960 bits per heavy atom. The zero-order valence-electron chi connectivity index (χ0n) is 15.2. The number of hydrogen-bond acceptors (Lipinski definition) is 4. The molecule has 4 bridgehead atoms. The minimum Gasteiger partial charge on any atom is -0.336 e. The average Bonchev–Trinajstić information content (AvgIpc) is 2.61. The molecular formula is C20H28N4O. The van der Waals surface area contributed by atoms with Crippen LogP contribution in [0.5, 0.6) is 0 Å². The van der Waals surface area contributed by atoms with Crippen molar-refractivity contribution in [2.45, 2.75) is 51.0 Å². The Morgan fingerprint density at radius 2 is 1.48 bits per heavy atom. The third kappa shape index (κ3) is 2.67. The van der Waals surface area contributed by atoms with Gasteiger partial charge in [-0.05, 0) is 63.2 Å². The Kier molecular flexibility index (Phi) is 3.63. The lowest BCUT2D eigenvalue weighted by atomic mass is 9.52. The zero-order chi connectivity index (χ0) is 17.0. The smallest absolute Gasteiger partial charge is 0.257 e. The molecule has 0 atom stereocenters. The highest BCUT2D eigenvalue weighted by Gasteiger charge is 2.53. The monoisotopic (exact) mass is 340 g/mol. The highest BCUT2D eigenvalue weighted by Crippen LogP contribution is 2.57. The minimum absolute atomic E-state index is 0.0881. The van der Waals surface area contributed by atoms with Crippen molar-refractivity contribution in [3.05, 3.63) is 23.8 Å². The topological polar surface area (TPSA) is 49.3 Å². The van der Waals surface area contributed by atoms with E-state index in [4.69, 9.17) is 0 Å². The average molecular weight is 340 g/mol. The highest BCUT2D eigenvalue weighted by molar-refractivity contribution is 5.93. The van der Waals surface area contributed by atoms with E-state index in [0.717, 1.165) is 43.9 Å². The second-order valence-corrected chi connectivity index (χ2v) is 8.94. The molecule has 0 aromatic carbocycles. The molecule has 1 aromatic heterocycles. The standard InChI is InChI=1S/C20H28N4O/c1-14-21-12-18(13-22-14)19(25)23-2-4-24(5-3-23)20-9-15-6-16(10-20)8-17(7-15)11-20/h12-13,15-17H,2-11H2,1H3. The van der Waals surface area contributed by atoms with Crippen molar-refractivity contribution in [1.82, 2.24) is 19.8 Å². The maximum atomic E-state index is 12.7. The van der Waals surface area contributed by atoms with Gasteiger partial charge in [0.15, 0.2) is 0 Å². The molecule has 5 fully saturated rings. The van der Waals surface area contributed by atoms with Crippen LogP contribution in [-0.4, -0.2) is 57.4 Å². The molecule has 134 valence electrons. The lowest BCUT2D eigenvalue weighted by Crippen LogP contribution is -2.64. The van der Waals surface area contributed by atoms with Gasteiger partial charge in [0, 0.05) is 44.1 Å². The van der Waals surface area contributed by atoms with Crippen LogP contribution in [-0.2, 0) is 0 Å². The van der Waals surface area contributed by atoms with Crippen LogP contribution in [0.1, 0.15) is 54.7 Å². The molecule has 1 aromatic rings. The summed E-state index contributed by atoms with van der Waals surface area (Å²) in [6.45, 7) is 5.59. The van der Waals surface area contributed by atoms with Crippen LogP contribution >= 0.6 is 0 Å². The predicted octanol–water partition coefficient (Wildman–Crippen LogP) is 2.51. The van der Waals surface area contributed by atoms with Crippen molar-refractivity contribution in [2.75, 3.05) is 26.2 Å². The van der Waals surface area contributed by atoms with Crippen molar-refractivity contribution in [1.29, 1.82) is 0 Å². The van der Waals surface area contributed by atoms with E-state index in [2.05, 4.69) is 14.9 Å². The number of carbonyl (C=O) groups excluding carboxylic acids is 1. The van der Waals surface area contributed by atoms with Gasteiger partial charge in [-0.2, -0.15) is 0 Å². The number of carbonyl (C=O) groups is 1. The summed E-state index contributed by atoms with van der Waals surface area (Å²) in [7, 11) is 0. The van der Waals surface area contributed by atoms with E-state index >= 15 is 0 Å². The normalized spacial score (nSPS) is 37.5. The predicted molar refractivity (Wildman–Crippen MR) is 95.1 cm³/mol. The molecule has 5 aliphatic rings. The zero-order valence-corrected chi connectivity index (χ0v) is 15.2. The van der Waals surface area contributed by atoms with Crippen LogP contribution in [0.25, 0.3) is 0 Å². The van der Waals surface area contributed by atoms with Gasteiger partial charge in [-0.1, -0.05) is 0 Å². The fourth-order valence-corrected chi connectivity index (χ4v) is 6.52. The molecular weight excluding hydrogens is 312 g/mol. The summed E-state index contributed by atoms with van der Waals surface area (Å²) in [4.78, 5) is 25.8. The molecule has 0 spiro atoms. The molecule has 4 aliphatic carbocycles. The number of rotatable bonds is 2. The Labute approximate surface area is 149 Å². The maximum absolute atomic E-state index is 12.7. The van der Waals surface area contributed by atoms with Gasteiger partial charge in [0.1, 0.15) is 5.82 Å². The van der Waals surface area contributed by atoms with Crippen molar-refractivity contribution in [3.63, 3.8) is 0 Å². The van der Waals surface area contributed by atoms with E-state index in [1.165, 1.54) is 38.5 Å². The van der Waals surface area contributed by atoms with Crippen LogP contribution in [0.15, 0.2) is 12.4 Å². The van der Waals surface area contributed by atoms with Gasteiger partial charge in [-0.3, -0.25) is 9.69 Å². The SMILES string of the molecule is Cc1ncc(C(=O)N2CCN(C34CC5CC(CC(C5)C3)C4)CC2)cn1. The number of aromatic nitrogens is 2. The van der Waals surface area contributed by atoms with Gasteiger partial charge in [0.25, 0.3) is 5.91 Å². The van der Waals surface area contributed by atoms with Crippen molar-refractivity contribution in [2.24, 2.45) is 17.8 Å². The van der Waals surface area contributed by atoms with Gasteiger partial charge in [0.05, 0.1) is 5.56 Å². The maximum Gasteiger partial charge on any atom is 0.257 e. The van der Waals surface area contributed by atoms with Gasteiger partial charge in [-0.25, -0.2) is 9.97 Å². The van der Waals surface area contributed by atoms with E-state index in [1.54, 1.807) is 12.4 Å². The highest BCUT2D eigenvalue weighted by atomic mass is 16.2. The summed E-state index contributed by atoms with van der Waals surface area (Å²) in [6, 6.07) is 0. The largest absolute Gasteiger partial charge is 0.336 e. The Balaban J connectivity index is 1.26. The van der Waals surface area contributed by atoms with E-state index < -0.39 is 0 Å². The summed E-state index contributed by atoms with van der Waals surface area (Å²) in [5.41, 5.74) is 1.09. The molecule has 1 amide bonds. The number of piperazine rings is 1. The van der Waals surface area contributed by atoms with Gasteiger partial charge in [-0.15, -0.1) is 0 Å². The number of nitrogens with zero attached hydrogens (tertiary/aromatic N) is 4. The molecule has 5 nitrogen and oxygen atoms in total. The molecule has 25 heavy (non-hydrogen) atoms. The van der Waals surface area contributed by atoms with Crippen molar-refractivity contribution in [3.8, 4) is 0 Å². The minimum atomic E-state index is 0.0881. The van der Waals surface area contributed by atoms with Crippen LogP contribution in [0.3, 0.4) is 0 Å². The molecule has 2 heterocycles. The fourth-order valence-electron chi connectivity index (χ4n) is 6.52. The quantitative estimate of drug-likeness (QED) is 0.830. The second-order valence-electron chi connectivity index (χ2n) is 8.94. The molecule has 5 heteroatoms. The van der Waals surface area contributed by atoms with Gasteiger partial charge in [0.2, 0.25) is 0 Å². The van der Waals surface area contributed by atoms with E-state index in [1.807, 2.05) is 11.8 Å². The summed E-state index contributed by atoms with van der Waals surface area (Å²) in [5, 5.41) is 0. The lowest BCUT2D eigenvalue weighted by molar-refractivity contribution is -0.0987. The van der Waals surface area contributed by atoms with E-state index in [9.17, 15) is 4.79 Å². The van der Waals surface area contributed by atoms with Crippen LogP contribution in [0.4, 0.5) is 0 Å². The van der Waals surface area contributed by atoms with Gasteiger partial charge >= 0.3 is 0 Å². The lowest BCUT2D eigenvalue weighted by Gasteiger charge is -2.61. The fraction of sp³-hybridized carbons (Fsp3) is 0.750. The third-order valence-electron chi connectivity index (χ3n) is 7.27. The molecule has 0 N–H and O–H groups in total. The number of hydrogen-bond donors (Lipinski definition) is 0. The summed E-state index contributed by atoms with van der Waals surface area (Å²) in [5.74, 6) is 3.75. The van der Waals surface area contributed by atoms with Crippen LogP contribution in [0.2, 0.25) is 0 Å². The summed E-state index contributed by atoms with van der Waals surface area (Å²) in [6.07, 6.45) is 12.0. The van der Waals surface area contributed by atoms with Crippen molar-refractivity contribution >= 4 is 5.91 Å². The second kappa shape index (κ2) is 5.76. The van der Waals surface area contributed by atoms with E-state index in [-0.39, 0.29) is 5.91 Å². The molecule has 0 radical (unpaired) electrons. The first kappa shape index (κ1) is 15.7. The van der Waals surface area contributed by atoms with Gasteiger partial charge < -0.3 is 4.90 Å². The first-order valence-electron chi connectivity index (χ1n) is 9.94. The van der Waals surface area contributed by atoms with Crippen LogP contribution < -0.4 is 0 Å². The van der Waals surface area contributed by atoms with E-state index in [0.29, 0.717) is 16.9 Å².